The highest BCUT2D eigenvalue weighted by molar-refractivity contribution is 5.97. The number of hydrogen-bond acceptors (Lipinski definition) is 5. The fourth-order valence-electron chi connectivity index (χ4n) is 1.72. The van der Waals surface area contributed by atoms with Crippen molar-refractivity contribution in [2.24, 2.45) is 0 Å². The lowest BCUT2D eigenvalue weighted by Gasteiger charge is -2.06. The first-order chi connectivity index (χ1) is 11.1. The monoisotopic (exact) mass is 315 g/mol. The summed E-state index contributed by atoms with van der Waals surface area (Å²) in [4.78, 5) is 23.0. The topological polar surface area (TPSA) is 91.2 Å². The molecule has 6 nitrogen and oxygen atoms in total. The zero-order valence-electron chi connectivity index (χ0n) is 13.4. The number of ketones is 1. The molecule has 0 heterocycles. The maximum Gasteiger partial charge on any atom is 0.263 e. The Hall–Kier alpha value is -2.65. The van der Waals surface area contributed by atoms with Gasteiger partial charge in [0.25, 0.3) is 5.91 Å². The van der Waals surface area contributed by atoms with Gasteiger partial charge in [-0.25, -0.2) is 0 Å². The van der Waals surface area contributed by atoms with Gasteiger partial charge in [-0.1, -0.05) is 0 Å². The zero-order chi connectivity index (χ0) is 17.1. The Labute approximate surface area is 136 Å². The molecule has 1 aromatic carbocycles. The third-order valence-electron chi connectivity index (χ3n) is 2.99. The molecule has 0 saturated carbocycles. The number of amides is 1. The van der Waals surface area contributed by atoms with Crippen LogP contribution >= 0.6 is 0 Å². The van der Waals surface area contributed by atoms with E-state index in [0.717, 1.165) is 0 Å². The van der Waals surface area contributed by atoms with Crippen molar-refractivity contribution in [1.82, 2.24) is 5.32 Å². The lowest BCUT2D eigenvalue weighted by Crippen LogP contribution is -2.26. The Balaban J connectivity index is 2.53. The van der Waals surface area contributed by atoms with Crippen LogP contribution < -0.4 is 10.6 Å². The average Bonchev–Trinajstić information content (AvgIpc) is 2.55. The van der Waals surface area contributed by atoms with E-state index in [1.54, 1.807) is 24.3 Å². The summed E-state index contributed by atoms with van der Waals surface area (Å²) >= 11 is 0. The van der Waals surface area contributed by atoms with Crippen molar-refractivity contribution in [3.8, 4) is 6.07 Å². The standard InChI is InChI=1S/C17H21N3O3/c1-3-23-10-4-9-19-17(22)15(11-18)12-20-16-7-5-14(6-8-16)13(2)21/h5-8,12,20H,3-4,9-10H2,1-2H3,(H,19,22)/b15-12-. The molecule has 2 N–H and O–H groups in total. The molecule has 0 spiro atoms. The van der Waals surface area contributed by atoms with Gasteiger partial charge in [-0.15, -0.1) is 0 Å². The Morgan fingerprint density at radius 3 is 2.57 bits per heavy atom. The zero-order valence-corrected chi connectivity index (χ0v) is 13.4. The number of benzene rings is 1. The first kappa shape index (κ1) is 18.4. The summed E-state index contributed by atoms with van der Waals surface area (Å²) in [6.45, 7) is 5.06. The molecule has 1 rings (SSSR count). The van der Waals surface area contributed by atoms with Gasteiger partial charge in [-0.2, -0.15) is 5.26 Å². The Morgan fingerprint density at radius 1 is 1.30 bits per heavy atom. The molecule has 0 unspecified atom stereocenters. The average molecular weight is 315 g/mol. The molecule has 0 aliphatic rings. The van der Waals surface area contributed by atoms with Crippen molar-refractivity contribution in [2.45, 2.75) is 20.3 Å². The van der Waals surface area contributed by atoms with Crippen LogP contribution in [0.4, 0.5) is 5.69 Å². The van der Waals surface area contributed by atoms with Crippen LogP contribution in [0.5, 0.6) is 0 Å². The molecule has 0 saturated heterocycles. The quantitative estimate of drug-likeness (QED) is 0.316. The fraction of sp³-hybridized carbons (Fsp3) is 0.353. The smallest absolute Gasteiger partial charge is 0.263 e. The number of hydrogen-bond donors (Lipinski definition) is 2. The predicted molar refractivity (Wildman–Crippen MR) is 87.9 cm³/mol. The molecule has 23 heavy (non-hydrogen) atoms. The van der Waals surface area contributed by atoms with Gasteiger partial charge in [-0.05, 0) is 44.5 Å². The minimum atomic E-state index is -0.433. The molecule has 1 aromatic rings. The Morgan fingerprint density at radius 2 is 2.00 bits per heavy atom. The van der Waals surface area contributed by atoms with E-state index < -0.39 is 5.91 Å². The van der Waals surface area contributed by atoms with E-state index in [0.29, 0.717) is 37.4 Å². The molecular weight excluding hydrogens is 294 g/mol. The molecule has 122 valence electrons. The van der Waals surface area contributed by atoms with Gasteiger partial charge in [-0.3, -0.25) is 9.59 Å². The number of Topliss-reactive ketones (excluding diaryl/α,β-unsaturated/α-hetero) is 1. The summed E-state index contributed by atoms with van der Waals surface area (Å²) < 4.78 is 5.17. The highest BCUT2D eigenvalue weighted by atomic mass is 16.5. The lowest BCUT2D eigenvalue weighted by atomic mass is 10.1. The van der Waals surface area contributed by atoms with Gasteiger partial charge in [0.15, 0.2) is 5.78 Å². The molecule has 0 bridgehead atoms. The number of anilines is 1. The molecule has 0 aliphatic carbocycles. The van der Waals surface area contributed by atoms with Crippen molar-refractivity contribution in [3.05, 3.63) is 41.6 Å². The van der Waals surface area contributed by atoms with Crippen molar-refractivity contribution in [2.75, 3.05) is 25.1 Å². The van der Waals surface area contributed by atoms with E-state index in [-0.39, 0.29) is 11.4 Å². The van der Waals surface area contributed by atoms with Gasteiger partial charge in [0.05, 0.1) is 0 Å². The molecule has 0 aromatic heterocycles. The highest BCUT2D eigenvalue weighted by Crippen LogP contribution is 2.10. The maximum absolute atomic E-state index is 11.8. The van der Waals surface area contributed by atoms with Crippen LogP contribution in [-0.2, 0) is 9.53 Å². The number of nitriles is 1. The Bertz CT molecular complexity index is 601. The Kier molecular flexibility index (Phi) is 8.11. The normalized spacial score (nSPS) is 10.7. The summed E-state index contributed by atoms with van der Waals surface area (Å²) in [5.74, 6) is -0.451. The molecule has 0 aliphatic heterocycles. The number of carbonyl (C=O) groups is 2. The van der Waals surface area contributed by atoms with E-state index in [9.17, 15) is 9.59 Å². The van der Waals surface area contributed by atoms with Crippen molar-refractivity contribution >= 4 is 17.4 Å². The minimum Gasteiger partial charge on any atom is -0.382 e. The summed E-state index contributed by atoms with van der Waals surface area (Å²) in [5, 5.41) is 14.6. The number of rotatable bonds is 9. The van der Waals surface area contributed by atoms with E-state index in [1.807, 2.05) is 13.0 Å². The molecule has 0 fully saturated rings. The SMILES string of the molecule is CCOCCCNC(=O)/C(C#N)=C\Nc1ccc(C(C)=O)cc1. The third-order valence-corrected chi connectivity index (χ3v) is 2.99. The number of ether oxygens (including phenoxy) is 1. The molecular formula is C17H21N3O3. The summed E-state index contributed by atoms with van der Waals surface area (Å²) in [7, 11) is 0. The molecule has 0 radical (unpaired) electrons. The predicted octanol–water partition coefficient (Wildman–Crippen LogP) is 2.25. The molecule has 1 amide bonds. The highest BCUT2D eigenvalue weighted by Gasteiger charge is 2.07. The second kappa shape index (κ2) is 10.1. The van der Waals surface area contributed by atoms with Crippen LogP contribution in [0.2, 0.25) is 0 Å². The first-order valence-electron chi connectivity index (χ1n) is 7.42. The van der Waals surface area contributed by atoms with Gasteiger partial charge < -0.3 is 15.4 Å². The van der Waals surface area contributed by atoms with Crippen LogP contribution in [-0.4, -0.2) is 31.4 Å². The number of carbonyl (C=O) groups excluding carboxylic acids is 2. The third kappa shape index (κ3) is 6.76. The van der Waals surface area contributed by atoms with Gasteiger partial charge in [0, 0.05) is 37.2 Å². The van der Waals surface area contributed by atoms with Gasteiger partial charge >= 0.3 is 0 Å². The van der Waals surface area contributed by atoms with E-state index in [1.165, 1.54) is 13.1 Å². The fourth-order valence-corrected chi connectivity index (χ4v) is 1.72. The lowest BCUT2D eigenvalue weighted by molar-refractivity contribution is -0.117. The molecule has 6 heteroatoms. The van der Waals surface area contributed by atoms with Crippen LogP contribution in [0.25, 0.3) is 0 Å². The minimum absolute atomic E-state index is 0.0166. The van der Waals surface area contributed by atoms with Crippen LogP contribution in [0.3, 0.4) is 0 Å². The van der Waals surface area contributed by atoms with Crippen LogP contribution in [0.15, 0.2) is 36.0 Å². The number of nitrogens with one attached hydrogen (secondary N) is 2. The summed E-state index contributed by atoms with van der Waals surface area (Å²) in [6, 6.07) is 8.63. The first-order valence-corrected chi connectivity index (χ1v) is 7.42. The van der Waals surface area contributed by atoms with E-state index in [2.05, 4.69) is 10.6 Å². The van der Waals surface area contributed by atoms with Crippen LogP contribution in [0.1, 0.15) is 30.6 Å². The van der Waals surface area contributed by atoms with E-state index >= 15 is 0 Å². The second-order valence-corrected chi connectivity index (χ2v) is 4.75. The second-order valence-electron chi connectivity index (χ2n) is 4.75. The summed E-state index contributed by atoms with van der Waals surface area (Å²) in [5.41, 5.74) is 1.27. The van der Waals surface area contributed by atoms with Crippen LogP contribution in [0, 0.1) is 11.3 Å². The van der Waals surface area contributed by atoms with E-state index in [4.69, 9.17) is 10.00 Å². The summed E-state index contributed by atoms with van der Waals surface area (Å²) in [6.07, 6.45) is 2.04. The maximum atomic E-state index is 11.8. The molecule has 0 atom stereocenters. The van der Waals surface area contributed by atoms with Gasteiger partial charge in [0.2, 0.25) is 0 Å². The van der Waals surface area contributed by atoms with Crippen molar-refractivity contribution in [3.63, 3.8) is 0 Å². The van der Waals surface area contributed by atoms with Crippen molar-refractivity contribution < 1.29 is 14.3 Å². The number of nitrogens with zero attached hydrogens (tertiary/aromatic N) is 1. The van der Waals surface area contributed by atoms with Crippen molar-refractivity contribution in [1.29, 1.82) is 5.26 Å². The largest absolute Gasteiger partial charge is 0.382 e. The van der Waals surface area contributed by atoms with Gasteiger partial charge in [0.1, 0.15) is 11.6 Å².